The Bertz CT molecular complexity index is 408. The number of nitrogens with one attached hydrogen (secondary N) is 1. The maximum absolute atomic E-state index is 5.87. The molecule has 0 aliphatic rings. The lowest BCUT2D eigenvalue weighted by Crippen LogP contribution is -2.42. The molecule has 0 saturated heterocycles. The summed E-state index contributed by atoms with van der Waals surface area (Å²) in [6.07, 6.45) is 0.883. The molecule has 0 unspecified atom stereocenters. The first-order valence-electron chi connectivity index (χ1n) is 6.71. The number of benzene rings is 1. The van der Waals surface area contributed by atoms with Crippen molar-refractivity contribution >= 4 is 17.6 Å². The highest BCUT2D eigenvalue weighted by molar-refractivity contribution is 6.30. The number of rotatable bonds is 7. The number of hydrogen-bond acceptors (Lipinski definition) is 3. The number of nitrogens with two attached hydrogens (primary N) is 1. The summed E-state index contributed by atoms with van der Waals surface area (Å²) < 4.78 is 5.27. The van der Waals surface area contributed by atoms with Crippen LogP contribution in [-0.4, -0.2) is 37.7 Å². The van der Waals surface area contributed by atoms with Gasteiger partial charge in [0.25, 0.3) is 0 Å². The van der Waals surface area contributed by atoms with Crippen LogP contribution in [0.1, 0.15) is 18.9 Å². The molecule has 0 aliphatic carbocycles. The highest BCUT2D eigenvalue weighted by Crippen LogP contribution is 2.10. The van der Waals surface area contributed by atoms with E-state index < -0.39 is 0 Å². The van der Waals surface area contributed by atoms with E-state index in [-0.39, 0.29) is 0 Å². The summed E-state index contributed by atoms with van der Waals surface area (Å²) in [5.74, 6) is 6.18. The Hall–Kier alpha value is -1.30. The van der Waals surface area contributed by atoms with Crippen molar-refractivity contribution in [1.82, 2.24) is 10.3 Å². The van der Waals surface area contributed by atoms with Crippen LogP contribution in [0.3, 0.4) is 0 Å². The molecule has 0 aliphatic heterocycles. The van der Waals surface area contributed by atoms with Crippen LogP contribution < -0.4 is 11.3 Å². The van der Waals surface area contributed by atoms with Gasteiger partial charge in [-0.1, -0.05) is 23.7 Å². The Morgan fingerprint density at radius 1 is 1.40 bits per heavy atom. The fourth-order valence-electron chi connectivity index (χ4n) is 1.71. The lowest BCUT2D eigenvalue weighted by Gasteiger charge is -2.20. The number of ether oxygens (including phenoxy) is 1. The summed E-state index contributed by atoms with van der Waals surface area (Å²) in [5.41, 5.74) is 3.78. The van der Waals surface area contributed by atoms with Gasteiger partial charge in [0.2, 0.25) is 5.96 Å². The van der Waals surface area contributed by atoms with Crippen molar-refractivity contribution in [3.63, 3.8) is 0 Å². The largest absolute Gasteiger partial charge is 0.382 e. The maximum atomic E-state index is 5.87. The van der Waals surface area contributed by atoms with Gasteiger partial charge in [-0.25, -0.2) is 5.84 Å². The number of nitrogens with zero attached hydrogens (tertiary/aromatic N) is 2. The van der Waals surface area contributed by atoms with Crippen LogP contribution in [0.15, 0.2) is 29.3 Å². The zero-order valence-corrected chi connectivity index (χ0v) is 12.9. The molecule has 1 aromatic carbocycles. The highest BCUT2D eigenvalue weighted by Gasteiger charge is 2.05. The Labute approximate surface area is 125 Å². The third-order valence-electron chi connectivity index (χ3n) is 2.74. The van der Waals surface area contributed by atoms with E-state index in [1.165, 1.54) is 0 Å². The molecule has 1 rings (SSSR count). The molecule has 3 N–H and O–H groups in total. The normalized spacial score (nSPS) is 11.5. The number of halogens is 1. The molecule has 6 heteroatoms. The summed E-state index contributed by atoms with van der Waals surface area (Å²) in [6.45, 7) is 4.84. The molecule has 0 fully saturated rings. The minimum atomic E-state index is 0.663. The van der Waals surface area contributed by atoms with E-state index in [0.29, 0.717) is 19.0 Å². The topological polar surface area (TPSA) is 62.9 Å². The zero-order chi connectivity index (χ0) is 14.8. The number of guanidine groups is 1. The van der Waals surface area contributed by atoms with Crippen molar-refractivity contribution in [2.24, 2.45) is 10.8 Å². The van der Waals surface area contributed by atoms with E-state index in [0.717, 1.165) is 30.2 Å². The van der Waals surface area contributed by atoms with E-state index >= 15 is 0 Å². The molecule has 1 aromatic rings. The smallest absolute Gasteiger partial charge is 0.208 e. The van der Waals surface area contributed by atoms with E-state index in [9.17, 15) is 0 Å². The molecule has 0 bridgehead atoms. The van der Waals surface area contributed by atoms with Gasteiger partial charge in [0.1, 0.15) is 0 Å². The predicted octanol–water partition coefficient (Wildman–Crippen LogP) is 2.02. The molecule has 20 heavy (non-hydrogen) atoms. The van der Waals surface area contributed by atoms with Crippen LogP contribution in [0.2, 0.25) is 5.02 Å². The lowest BCUT2D eigenvalue weighted by atomic mass is 10.2. The highest BCUT2D eigenvalue weighted by atomic mass is 35.5. The van der Waals surface area contributed by atoms with Crippen LogP contribution in [0.5, 0.6) is 0 Å². The molecule has 0 aromatic heterocycles. The van der Waals surface area contributed by atoms with Gasteiger partial charge in [-0.05, 0) is 31.0 Å². The second kappa shape index (κ2) is 9.58. The van der Waals surface area contributed by atoms with Crippen molar-refractivity contribution in [1.29, 1.82) is 0 Å². The molecule has 0 heterocycles. The van der Waals surface area contributed by atoms with Gasteiger partial charge in [-0.15, -0.1) is 0 Å². The second-order valence-electron chi connectivity index (χ2n) is 4.38. The fraction of sp³-hybridized carbons (Fsp3) is 0.500. The van der Waals surface area contributed by atoms with Crippen LogP contribution in [0, 0.1) is 0 Å². The zero-order valence-electron chi connectivity index (χ0n) is 12.1. The minimum Gasteiger partial charge on any atom is -0.382 e. The fourth-order valence-corrected chi connectivity index (χ4v) is 1.84. The van der Waals surface area contributed by atoms with Crippen molar-refractivity contribution < 1.29 is 4.74 Å². The third-order valence-corrected chi connectivity index (χ3v) is 2.99. The standard InChI is InChI=1S/C14H23ClN4O/c1-3-20-10-4-9-17-14(18-16)19(2)11-12-5-7-13(15)8-6-12/h5-8H,3-4,9-11,16H2,1-2H3,(H,17,18). The van der Waals surface area contributed by atoms with Gasteiger partial charge in [0.05, 0.1) is 0 Å². The molecular weight excluding hydrogens is 276 g/mol. The predicted molar refractivity (Wildman–Crippen MR) is 83.7 cm³/mol. The Morgan fingerprint density at radius 3 is 2.70 bits per heavy atom. The number of aliphatic imine (C=N–C) groups is 1. The summed E-state index contributed by atoms with van der Waals surface area (Å²) in [7, 11) is 1.94. The summed E-state index contributed by atoms with van der Waals surface area (Å²) in [6, 6.07) is 7.73. The van der Waals surface area contributed by atoms with E-state index in [4.69, 9.17) is 22.2 Å². The Morgan fingerprint density at radius 2 is 2.10 bits per heavy atom. The quantitative estimate of drug-likeness (QED) is 0.266. The molecule has 0 amide bonds. The average molecular weight is 299 g/mol. The van der Waals surface area contributed by atoms with E-state index in [2.05, 4.69) is 10.4 Å². The second-order valence-corrected chi connectivity index (χ2v) is 4.82. The van der Waals surface area contributed by atoms with Gasteiger partial charge >= 0.3 is 0 Å². The van der Waals surface area contributed by atoms with E-state index in [1.807, 2.05) is 43.1 Å². The van der Waals surface area contributed by atoms with Gasteiger partial charge in [0.15, 0.2) is 0 Å². The monoisotopic (exact) mass is 298 g/mol. The molecule has 112 valence electrons. The maximum Gasteiger partial charge on any atom is 0.208 e. The van der Waals surface area contributed by atoms with Crippen LogP contribution in [-0.2, 0) is 11.3 Å². The van der Waals surface area contributed by atoms with Crippen LogP contribution in [0.25, 0.3) is 0 Å². The van der Waals surface area contributed by atoms with E-state index in [1.54, 1.807) is 0 Å². The molecule has 0 radical (unpaired) electrons. The molecule has 0 spiro atoms. The molecule has 5 nitrogen and oxygen atoms in total. The molecule has 0 atom stereocenters. The SMILES string of the molecule is CCOCCCN=C(NN)N(C)Cc1ccc(Cl)cc1. The third kappa shape index (κ3) is 6.23. The number of hydrazine groups is 1. The van der Waals surface area contributed by atoms with Crippen LogP contribution in [0.4, 0.5) is 0 Å². The van der Waals surface area contributed by atoms with Gasteiger partial charge < -0.3 is 9.64 Å². The first-order chi connectivity index (χ1) is 9.67. The van der Waals surface area contributed by atoms with Crippen molar-refractivity contribution in [2.75, 3.05) is 26.8 Å². The number of hydrogen-bond donors (Lipinski definition) is 2. The van der Waals surface area contributed by atoms with Gasteiger partial charge in [-0.3, -0.25) is 10.4 Å². The molecule has 0 saturated carbocycles. The summed E-state index contributed by atoms with van der Waals surface area (Å²) >= 11 is 5.87. The minimum absolute atomic E-state index is 0.663. The van der Waals surface area contributed by atoms with Crippen molar-refractivity contribution in [2.45, 2.75) is 19.9 Å². The van der Waals surface area contributed by atoms with Gasteiger partial charge in [0, 0.05) is 38.4 Å². The summed E-state index contributed by atoms with van der Waals surface area (Å²) in [4.78, 5) is 6.39. The Balaban J connectivity index is 2.47. The van der Waals surface area contributed by atoms with Crippen molar-refractivity contribution in [3.8, 4) is 0 Å². The first kappa shape index (κ1) is 16.8. The van der Waals surface area contributed by atoms with Crippen LogP contribution >= 0.6 is 11.6 Å². The first-order valence-corrected chi connectivity index (χ1v) is 7.09. The average Bonchev–Trinajstić information content (AvgIpc) is 2.45. The van der Waals surface area contributed by atoms with Crippen molar-refractivity contribution in [3.05, 3.63) is 34.9 Å². The summed E-state index contributed by atoms with van der Waals surface area (Å²) in [5, 5.41) is 0.734. The van der Waals surface area contributed by atoms with Gasteiger partial charge in [-0.2, -0.15) is 0 Å². The lowest BCUT2D eigenvalue weighted by molar-refractivity contribution is 0.146. The Kier molecular flexibility index (Phi) is 8.02. The molecular formula is C14H23ClN4O.